The molecular weight excluding hydrogens is 464 g/mol. The summed E-state index contributed by atoms with van der Waals surface area (Å²) in [6.45, 7) is 2.19. The molecule has 1 atom stereocenters. The van der Waals surface area contributed by atoms with Gasteiger partial charge < -0.3 is 19.6 Å². The number of carbonyl (C=O) groups is 3. The summed E-state index contributed by atoms with van der Waals surface area (Å²) in [6.07, 6.45) is 4.42. The van der Waals surface area contributed by atoms with Crippen LogP contribution in [0.25, 0.3) is 22.6 Å². The maximum Gasteiger partial charge on any atom is 0.266 e. The van der Waals surface area contributed by atoms with E-state index in [1.54, 1.807) is 12.3 Å². The molecule has 1 saturated heterocycles. The van der Waals surface area contributed by atoms with E-state index in [0.717, 1.165) is 24.6 Å². The quantitative estimate of drug-likeness (QED) is 0.312. The molecule has 2 amide bonds. The van der Waals surface area contributed by atoms with E-state index in [1.807, 2.05) is 25.1 Å². The Balaban J connectivity index is 1.45. The summed E-state index contributed by atoms with van der Waals surface area (Å²) in [5, 5.41) is 23.4. The van der Waals surface area contributed by atoms with Gasteiger partial charge in [0.1, 0.15) is 36.5 Å². The Morgan fingerprint density at radius 1 is 1.17 bits per heavy atom. The van der Waals surface area contributed by atoms with Crippen LogP contribution in [0.2, 0.25) is 0 Å². The summed E-state index contributed by atoms with van der Waals surface area (Å²) >= 11 is 0. The highest BCUT2D eigenvalue weighted by atomic mass is 16.4. The molecule has 0 aromatic carbocycles. The van der Waals surface area contributed by atoms with Gasteiger partial charge in [-0.15, -0.1) is 10.2 Å². The number of likely N-dealkylation sites (tertiary alicyclic amines) is 1. The molecule has 4 rings (SSSR count). The van der Waals surface area contributed by atoms with Crippen LogP contribution in [-0.2, 0) is 9.59 Å². The number of nitrogens with one attached hydrogen (secondary N) is 1. The number of nitrogens with zero attached hydrogens (tertiary/aromatic N) is 5. The van der Waals surface area contributed by atoms with Crippen LogP contribution in [0.4, 0.5) is 4.79 Å². The Bertz CT molecular complexity index is 1250. The number of fused-ring (bicyclic) bond motifs is 1. The van der Waals surface area contributed by atoms with Gasteiger partial charge in [-0.25, -0.2) is 9.97 Å². The number of quaternary nitrogens is 1. The molecule has 3 aromatic heterocycles. The molecular formula is C25H30N6O5. The molecule has 1 fully saturated rings. The molecule has 0 radical (unpaired) electrons. The monoisotopic (exact) mass is 494 g/mol. The Kier molecular flexibility index (Phi) is 7.68. The summed E-state index contributed by atoms with van der Waals surface area (Å²) in [5.74, 6) is 0.00870. The van der Waals surface area contributed by atoms with E-state index < -0.39 is 18.1 Å². The standard InChI is InChI=1S/C25H30N6O5/c1-3-18(32)9-5-4-6-10-19(28-22(33)17-14-31(2,15-17)25(34)35)23-29-30-24(36-23)20-12-11-16-8-7-13-26-21(16)27-20/h7-8,11-13,17,19H,3-6,9-10,14-15H2,1-2H3,(H-,28,33,34,35)/t17?,19-,31?/m0/s1. The first-order valence-corrected chi connectivity index (χ1v) is 12.2. The molecule has 0 unspecified atom stereocenters. The second-order valence-corrected chi connectivity index (χ2v) is 9.47. The maximum atomic E-state index is 12.9. The zero-order valence-electron chi connectivity index (χ0n) is 20.5. The first kappa shape index (κ1) is 25.4. The zero-order chi connectivity index (χ0) is 25.7. The van der Waals surface area contributed by atoms with Crippen molar-refractivity contribution < 1.29 is 28.4 Å². The van der Waals surface area contributed by atoms with Gasteiger partial charge >= 0.3 is 0 Å². The van der Waals surface area contributed by atoms with Crippen molar-refractivity contribution in [3.05, 3.63) is 36.4 Å². The molecule has 1 aliphatic rings. The number of aromatic nitrogens is 4. The predicted octanol–water partition coefficient (Wildman–Crippen LogP) is 2.19. The molecule has 4 heterocycles. The number of carbonyl (C=O) groups excluding carboxylic acids is 3. The van der Waals surface area contributed by atoms with Crippen molar-refractivity contribution in [2.45, 2.75) is 51.5 Å². The number of amides is 2. The van der Waals surface area contributed by atoms with Crippen LogP contribution in [0.3, 0.4) is 0 Å². The summed E-state index contributed by atoms with van der Waals surface area (Å²) in [5.41, 5.74) is 1.03. The molecule has 0 spiro atoms. The molecule has 0 bridgehead atoms. The SMILES string of the molecule is CCC(=O)CCCCC[C@H](NC(=O)C1C[N+](C)(C(=O)[O-])C1)c1nnc(-c2ccc3cccnc3n2)o1. The fourth-order valence-corrected chi connectivity index (χ4v) is 4.36. The van der Waals surface area contributed by atoms with Crippen LogP contribution in [0.1, 0.15) is 57.4 Å². The third kappa shape index (κ3) is 5.73. The molecule has 11 nitrogen and oxygen atoms in total. The van der Waals surface area contributed by atoms with Crippen LogP contribution in [0.5, 0.6) is 0 Å². The average Bonchev–Trinajstić information content (AvgIpc) is 3.35. The highest BCUT2D eigenvalue weighted by Crippen LogP contribution is 2.27. The van der Waals surface area contributed by atoms with Gasteiger partial charge in [0.05, 0.1) is 7.05 Å². The van der Waals surface area contributed by atoms with Crippen LogP contribution in [0.15, 0.2) is 34.9 Å². The molecule has 11 heteroatoms. The number of carboxylic acid groups (broad SMARTS) is 1. The summed E-state index contributed by atoms with van der Waals surface area (Å²) in [6, 6.07) is 6.84. The highest BCUT2D eigenvalue weighted by molar-refractivity contribution is 5.80. The van der Waals surface area contributed by atoms with Crippen LogP contribution in [-0.4, -0.2) is 62.6 Å². The van der Waals surface area contributed by atoms with Crippen molar-refractivity contribution in [1.29, 1.82) is 0 Å². The second-order valence-electron chi connectivity index (χ2n) is 9.47. The Hall–Kier alpha value is -3.73. The van der Waals surface area contributed by atoms with Gasteiger partial charge in [0.15, 0.2) is 5.65 Å². The van der Waals surface area contributed by atoms with E-state index in [-0.39, 0.29) is 41.0 Å². The van der Waals surface area contributed by atoms with Crippen molar-refractivity contribution in [3.8, 4) is 11.6 Å². The average molecular weight is 495 g/mol. The highest BCUT2D eigenvalue weighted by Gasteiger charge is 2.47. The Morgan fingerprint density at radius 2 is 1.97 bits per heavy atom. The lowest BCUT2D eigenvalue weighted by Crippen LogP contribution is -2.70. The number of rotatable bonds is 11. The third-order valence-electron chi connectivity index (χ3n) is 6.64. The Morgan fingerprint density at radius 3 is 2.72 bits per heavy atom. The van der Waals surface area contributed by atoms with E-state index in [4.69, 9.17) is 4.42 Å². The van der Waals surface area contributed by atoms with Gasteiger partial charge in [-0.1, -0.05) is 19.8 Å². The molecule has 0 saturated carbocycles. The molecule has 0 aliphatic carbocycles. The van der Waals surface area contributed by atoms with Crippen LogP contribution in [0, 0.1) is 5.92 Å². The lowest BCUT2D eigenvalue weighted by molar-refractivity contribution is -0.901. The summed E-state index contributed by atoms with van der Waals surface area (Å²) in [4.78, 5) is 44.4. The summed E-state index contributed by atoms with van der Waals surface area (Å²) < 4.78 is 5.62. The van der Waals surface area contributed by atoms with Crippen molar-refractivity contribution in [2.24, 2.45) is 5.92 Å². The van der Waals surface area contributed by atoms with E-state index in [9.17, 15) is 19.5 Å². The fourth-order valence-electron chi connectivity index (χ4n) is 4.36. The number of hydrogen-bond donors (Lipinski definition) is 1. The topological polar surface area (TPSA) is 151 Å². The van der Waals surface area contributed by atoms with Crippen molar-refractivity contribution >= 4 is 28.8 Å². The fraction of sp³-hybridized carbons (Fsp3) is 0.480. The van der Waals surface area contributed by atoms with Crippen LogP contribution >= 0.6 is 0 Å². The zero-order valence-corrected chi connectivity index (χ0v) is 20.5. The smallest absolute Gasteiger partial charge is 0.266 e. The predicted molar refractivity (Wildman–Crippen MR) is 127 cm³/mol. The first-order valence-electron chi connectivity index (χ1n) is 12.2. The molecule has 1 N–H and O–H groups in total. The minimum atomic E-state index is -1.20. The number of pyridine rings is 2. The third-order valence-corrected chi connectivity index (χ3v) is 6.64. The Labute approximate surface area is 208 Å². The van der Waals surface area contributed by atoms with Crippen molar-refractivity contribution in [2.75, 3.05) is 20.1 Å². The molecule has 190 valence electrons. The van der Waals surface area contributed by atoms with Gasteiger partial charge in [0.2, 0.25) is 11.8 Å². The summed E-state index contributed by atoms with van der Waals surface area (Å²) in [7, 11) is 1.53. The van der Waals surface area contributed by atoms with Crippen molar-refractivity contribution in [1.82, 2.24) is 25.5 Å². The lowest BCUT2D eigenvalue weighted by atomic mass is 9.95. The largest absolute Gasteiger partial charge is 0.498 e. The van der Waals surface area contributed by atoms with Gasteiger partial charge in [0.25, 0.3) is 12.0 Å². The first-order chi connectivity index (χ1) is 17.3. The molecule has 1 aliphatic heterocycles. The van der Waals surface area contributed by atoms with Gasteiger partial charge in [-0.2, -0.15) is 0 Å². The van der Waals surface area contributed by atoms with Crippen molar-refractivity contribution in [3.63, 3.8) is 0 Å². The minimum absolute atomic E-state index is 0.170. The van der Waals surface area contributed by atoms with Gasteiger partial charge in [-0.05, 0) is 37.1 Å². The number of unbranched alkanes of at least 4 members (excludes halogenated alkanes) is 2. The minimum Gasteiger partial charge on any atom is -0.498 e. The van der Waals surface area contributed by atoms with E-state index in [0.29, 0.717) is 30.6 Å². The van der Waals surface area contributed by atoms with Crippen LogP contribution < -0.4 is 10.4 Å². The van der Waals surface area contributed by atoms with E-state index in [1.165, 1.54) is 7.05 Å². The second kappa shape index (κ2) is 10.9. The number of Topliss-reactive ketones (excluding diaryl/α,β-unsaturated/α-hetero) is 1. The van der Waals surface area contributed by atoms with E-state index >= 15 is 0 Å². The molecule has 3 aromatic rings. The lowest BCUT2D eigenvalue weighted by Gasteiger charge is -2.45. The normalized spacial score (nSPS) is 20.0. The van der Waals surface area contributed by atoms with Gasteiger partial charge in [-0.3, -0.25) is 14.1 Å². The number of ketones is 1. The number of hydrogen-bond acceptors (Lipinski definition) is 9. The van der Waals surface area contributed by atoms with Gasteiger partial charge in [0, 0.05) is 24.4 Å². The maximum absolute atomic E-state index is 12.9. The van der Waals surface area contributed by atoms with E-state index in [2.05, 4.69) is 25.5 Å². The molecule has 36 heavy (non-hydrogen) atoms.